The first-order chi connectivity index (χ1) is 33.7. The molecule has 0 aliphatic carbocycles. The maximum atomic E-state index is 5.23. The van der Waals surface area contributed by atoms with Crippen LogP contribution in [0.25, 0.3) is 44.5 Å². The predicted molar refractivity (Wildman–Crippen MR) is 304 cm³/mol. The second-order valence-corrected chi connectivity index (χ2v) is 20.6. The van der Waals surface area contributed by atoms with Crippen LogP contribution in [0.3, 0.4) is 0 Å². The van der Waals surface area contributed by atoms with Crippen molar-refractivity contribution in [1.82, 2.24) is 0 Å². The maximum Gasteiger partial charge on any atom is 0.0688 e. The van der Waals surface area contributed by atoms with Crippen molar-refractivity contribution >= 4 is 46.6 Å². The largest absolute Gasteiger partial charge is 0.355 e. The lowest BCUT2D eigenvalue weighted by molar-refractivity contribution is 0.838. The molecular formula is C66H68N4. The number of hydrogen-bond acceptors (Lipinski definition) is 4. The number of rotatable bonds is 4. The molecule has 70 heavy (non-hydrogen) atoms. The summed E-state index contributed by atoms with van der Waals surface area (Å²) in [5.74, 6) is 1.06. The maximum absolute atomic E-state index is 5.23. The zero-order valence-electron chi connectivity index (χ0n) is 43.2. The van der Waals surface area contributed by atoms with Crippen molar-refractivity contribution in [2.75, 3.05) is 10.6 Å². The van der Waals surface area contributed by atoms with Gasteiger partial charge >= 0.3 is 0 Å². The fourth-order valence-electron chi connectivity index (χ4n) is 10.4. The van der Waals surface area contributed by atoms with E-state index in [0.717, 1.165) is 56.1 Å². The Balaban J connectivity index is 1.28. The van der Waals surface area contributed by atoms with E-state index in [1.165, 1.54) is 78.1 Å². The molecule has 2 N–H and O–H groups in total. The number of hydrogen-bond donors (Lipinski definition) is 2. The summed E-state index contributed by atoms with van der Waals surface area (Å²) in [6.45, 7) is 27.2. The first-order valence-corrected chi connectivity index (χ1v) is 25.2. The minimum absolute atomic E-state index is 0.265. The second kappa shape index (κ2) is 20.0. The zero-order chi connectivity index (χ0) is 49.4. The first kappa shape index (κ1) is 47.8. The van der Waals surface area contributed by atoms with Crippen LogP contribution in [-0.4, -0.2) is 12.4 Å². The van der Waals surface area contributed by atoms with E-state index in [0.29, 0.717) is 0 Å². The molecule has 352 valence electrons. The van der Waals surface area contributed by atoms with Crippen LogP contribution in [0.4, 0.5) is 34.1 Å². The van der Waals surface area contributed by atoms with Crippen LogP contribution in [0.1, 0.15) is 135 Å². The summed E-state index contributed by atoms with van der Waals surface area (Å²) in [6, 6.07) is 53.7. The number of aliphatic imine (C=N–C) groups is 2. The van der Waals surface area contributed by atoms with Gasteiger partial charge in [0.15, 0.2) is 0 Å². The quantitative estimate of drug-likeness (QED) is 0.185. The molecule has 0 fully saturated rings. The standard InChI is InChI=1S/C66H68N4/c1-39(2)57-33-51-34-58(40(3)4)65(57)69-61-27-19-13-21-47(61)37-67-63-43(9)29-49(30-44(63)10)53-23-15-16-24-54(53)50-31-45(11)64(46(12)32-50)68-38-48-22-14-20-28-62(48)70-66-59(41(5)6)35-52(36-60(66)42(7)8)56-26-18-17-25-55(51)56/h13-42,69-70H,1-12H3. The highest BCUT2D eigenvalue weighted by atomic mass is 14.9. The Kier molecular flexibility index (Phi) is 13.6. The molecule has 0 amide bonds. The Bertz CT molecular complexity index is 3000. The number of benzene rings is 8. The van der Waals surface area contributed by atoms with E-state index in [9.17, 15) is 0 Å². The van der Waals surface area contributed by atoms with Crippen molar-refractivity contribution in [2.45, 2.75) is 107 Å². The molecule has 0 saturated heterocycles. The molecule has 10 heterocycles. The summed E-state index contributed by atoms with van der Waals surface area (Å²) in [5.41, 5.74) is 27.8. The van der Waals surface area contributed by atoms with Gasteiger partial charge in [-0.05, 0) is 201 Å². The molecule has 18 rings (SSSR count). The Morgan fingerprint density at radius 3 is 0.871 bits per heavy atom. The van der Waals surface area contributed by atoms with E-state index < -0.39 is 0 Å². The molecule has 10 aliphatic rings. The van der Waals surface area contributed by atoms with Crippen molar-refractivity contribution < 1.29 is 0 Å². The molecule has 4 nitrogen and oxygen atoms in total. The molecule has 0 unspecified atom stereocenters. The molecule has 0 saturated carbocycles. The fourth-order valence-corrected chi connectivity index (χ4v) is 10.4. The van der Waals surface area contributed by atoms with Crippen LogP contribution in [-0.2, 0) is 0 Å². The number of para-hydroxylation sites is 2. The van der Waals surface area contributed by atoms with Gasteiger partial charge in [0.05, 0.1) is 11.4 Å². The van der Waals surface area contributed by atoms with Gasteiger partial charge in [0.1, 0.15) is 0 Å². The minimum atomic E-state index is 0.265. The first-order valence-electron chi connectivity index (χ1n) is 25.2. The van der Waals surface area contributed by atoms with E-state index >= 15 is 0 Å². The summed E-state index contributed by atoms with van der Waals surface area (Å²) >= 11 is 0. The summed E-state index contributed by atoms with van der Waals surface area (Å²) < 4.78 is 0. The third-order valence-corrected chi connectivity index (χ3v) is 14.1. The SMILES string of the molecule is Cc1cc2cc(C)c1N=Cc1ccccc1Nc1c(C(C)C)cc(cc1C(C)C)-c1ccccc1-c1cc(C(C)C)c(c(C(C)C)c1)Nc1ccccc1C=Nc1c(C)cc(cc1C)-c1ccccc1-2. The number of aryl methyl sites for hydroxylation is 4. The van der Waals surface area contributed by atoms with Gasteiger partial charge in [0, 0.05) is 46.3 Å². The van der Waals surface area contributed by atoms with Crippen LogP contribution in [0, 0.1) is 27.7 Å². The van der Waals surface area contributed by atoms with Crippen molar-refractivity contribution in [2.24, 2.45) is 9.98 Å². The molecule has 0 atom stereocenters. The summed E-state index contributed by atoms with van der Waals surface area (Å²) in [4.78, 5) is 10.5. The highest BCUT2D eigenvalue weighted by Crippen LogP contribution is 2.45. The summed E-state index contributed by atoms with van der Waals surface area (Å²) in [6.07, 6.45) is 4.07. The average Bonchev–Trinajstić information content (AvgIpc) is 3.33. The van der Waals surface area contributed by atoms with Gasteiger partial charge in [-0.1, -0.05) is 140 Å². The molecule has 10 aliphatic heterocycles. The lowest BCUT2D eigenvalue weighted by Gasteiger charge is -2.25. The molecular weight excluding hydrogens is 849 g/mol. The highest BCUT2D eigenvalue weighted by Gasteiger charge is 2.23. The number of nitrogens with one attached hydrogen (secondary N) is 2. The third-order valence-electron chi connectivity index (χ3n) is 14.1. The minimum Gasteiger partial charge on any atom is -0.355 e. The van der Waals surface area contributed by atoms with Crippen molar-refractivity contribution in [1.29, 1.82) is 0 Å². The van der Waals surface area contributed by atoms with Gasteiger partial charge in [-0.3, -0.25) is 9.98 Å². The molecule has 8 aromatic rings. The van der Waals surface area contributed by atoms with Crippen LogP contribution < -0.4 is 10.6 Å². The number of nitrogens with zero attached hydrogens (tertiary/aromatic N) is 2. The third kappa shape index (κ3) is 9.53. The van der Waals surface area contributed by atoms with Crippen molar-refractivity contribution in [3.63, 3.8) is 0 Å². The molecule has 8 bridgehead atoms. The molecule has 0 radical (unpaired) electrons. The summed E-state index contributed by atoms with van der Waals surface area (Å²) in [7, 11) is 0. The van der Waals surface area contributed by atoms with E-state index in [-0.39, 0.29) is 23.7 Å². The summed E-state index contributed by atoms with van der Waals surface area (Å²) in [5, 5.41) is 7.99. The van der Waals surface area contributed by atoms with Gasteiger partial charge in [-0.25, -0.2) is 0 Å². The van der Waals surface area contributed by atoms with E-state index in [4.69, 9.17) is 9.98 Å². The lowest BCUT2D eigenvalue weighted by Crippen LogP contribution is -2.07. The Morgan fingerprint density at radius 1 is 0.329 bits per heavy atom. The Morgan fingerprint density at radius 2 is 0.586 bits per heavy atom. The Hall–Kier alpha value is -7.30. The van der Waals surface area contributed by atoms with Crippen LogP contribution in [0.15, 0.2) is 156 Å². The van der Waals surface area contributed by atoms with Crippen molar-refractivity contribution in [3.05, 3.63) is 201 Å². The molecule has 8 aromatic carbocycles. The van der Waals surface area contributed by atoms with Crippen LogP contribution in [0.5, 0.6) is 0 Å². The van der Waals surface area contributed by atoms with E-state index in [2.05, 4.69) is 239 Å². The van der Waals surface area contributed by atoms with E-state index in [1.54, 1.807) is 0 Å². The smallest absolute Gasteiger partial charge is 0.0688 e. The monoisotopic (exact) mass is 917 g/mol. The van der Waals surface area contributed by atoms with Crippen LogP contribution >= 0.6 is 0 Å². The lowest BCUT2D eigenvalue weighted by atomic mass is 9.84. The predicted octanol–water partition coefficient (Wildman–Crippen LogP) is 19.4. The second-order valence-electron chi connectivity index (χ2n) is 20.6. The number of anilines is 4. The molecule has 4 heteroatoms. The van der Waals surface area contributed by atoms with Gasteiger partial charge in [-0.2, -0.15) is 0 Å². The molecule has 0 aromatic heterocycles. The average molecular weight is 917 g/mol. The van der Waals surface area contributed by atoms with Crippen molar-refractivity contribution in [3.8, 4) is 44.5 Å². The van der Waals surface area contributed by atoms with E-state index in [1.807, 2.05) is 12.4 Å². The van der Waals surface area contributed by atoms with Crippen LogP contribution in [0.2, 0.25) is 0 Å². The zero-order valence-corrected chi connectivity index (χ0v) is 43.2. The van der Waals surface area contributed by atoms with Gasteiger partial charge < -0.3 is 10.6 Å². The fraction of sp³-hybridized carbons (Fsp3) is 0.242. The topological polar surface area (TPSA) is 48.8 Å². The normalized spacial score (nSPS) is 12.3. The van der Waals surface area contributed by atoms with Gasteiger partial charge in [-0.15, -0.1) is 0 Å². The highest BCUT2D eigenvalue weighted by molar-refractivity contribution is 5.95. The van der Waals surface area contributed by atoms with Gasteiger partial charge in [0.25, 0.3) is 0 Å². The molecule has 0 spiro atoms. The Labute approximate surface area is 417 Å². The van der Waals surface area contributed by atoms with Gasteiger partial charge in [0.2, 0.25) is 0 Å².